The zero-order valence-electron chi connectivity index (χ0n) is 13.1. The molecule has 3 heterocycles. The minimum Gasteiger partial charge on any atom is -0.332 e. The third-order valence-corrected chi connectivity index (χ3v) is 4.94. The zero-order chi connectivity index (χ0) is 14.8. The Morgan fingerprint density at radius 2 is 2.24 bits per heavy atom. The van der Waals surface area contributed by atoms with Crippen molar-refractivity contribution in [3.63, 3.8) is 0 Å². The fourth-order valence-electron chi connectivity index (χ4n) is 2.65. The third kappa shape index (κ3) is 3.54. The highest BCUT2D eigenvalue weighted by Gasteiger charge is 2.19. The summed E-state index contributed by atoms with van der Waals surface area (Å²) in [5.74, 6) is 1.21. The van der Waals surface area contributed by atoms with E-state index < -0.39 is 0 Å². The average molecular weight is 304 g/mol. The molecule has 21 heavy (non-hydrogen) atoms. The van der Waals surface area contributed by atoms with Crippen molar-refractivity contribution >= 4 is 11.3 Å². The molecule has 0 amide bonds. The highest BCUT2D eigenvalue weighted by molar-refractivity contribution is 7.07. The Labute approximate surface area is 131 Å². The van der Waals surface area contributed by atoms with Crippen LogP contribution in [0.2, 0.25) is 0 Å². The van der Waals surface area contributed by atoms with Crippen molar-refractivity contribution in [2.24, 2.45) is 0 Å². The first kappa shape index (κ1) is 14.8. The molecule has 0 atom stereocenters. The van der Waals surface area contributed by atoms with E-state index in [1.54, 1.807) is 11.3 Å². The van der Waals surface area contributed by atoms with Crippen molar-refractivity contribution in [3.05, 3.63) is 40.1 Å². The highest BCUT2D eigenvalue weighted by atomic mass is 32.1. The molecular weight excluding hydrogens is 280 g/mol. The SMILES string of the molecule is CC(C)N(C)Cc1cn2c(n1)CN(Cc1ccsc1)CC2. The van der Waals surface area contributed by atoms with E-state index in [1.807, 2.05) is 0 Å². The van der Waals surface area contributed by atoms with Crippen LogP contribution in [0.5, 0.6) is 0 Å². The summed E-state index contributed by atoms with van der Waals surface area (Å²) >= 11 is 1.77. The Balaban J connectivity index is 1.64. The van der Waals surface area contributed by atoms with Gasteiger partial charge in [-0.05, 0) is 43.3 Å². The van der Waals surface area contributed by atoms with Crippen molar-refractivity contribution in [1.82, 2.24) is 19.4 Å². The van der Waals surface area contributed by atoms with E-state index in [4.69, 9.17) is 4.98 Å². The van der Waals surface area contributed by atoms with E-state index in [0.29, 0.717) is 6.04 Å². The summed E-state index contributed by atoms with van der Waals surface area (Å²) in [4.78, 5) is 9.65. The monoisotopic (exact) mass is 304 g/mol. The van der Waals surface area contributed by atoms with Gasteiger partial charge in [-0.2, -0.15) is 11.3 Å². The topological polar surface area (TPSA) is 24.3 Å². The van der Waals surface area contributed by atoms with Gasteiger partial charge < -0.3 is 4.57 Å². The number of rotatable bonds is 5. The van der Waals surface area contributed by atoms with E-state index in [9.17, 15) is 0 Å². The molecule has 0 spiro atoms. The number of thiophene rings is 1. The van der Waals surface area contributed by atoms with Crippen molar-refractivity contribution in [3.8, 4) is 0 Å². The van der Waals surface area contributed by atoms with Crippen molar-refractivity contribution in [2.75, 3.05) is 13.6 Å². The molecular formula is C16H24N4S. The number of hydrogen-bond donors (Lipinski definition) is 0. The predicted octanol–water partition coefficient (Wildman–Crippen LogP) is 2.80. The van der Waals surface area contributed by atoms with Gasteiger partial charge in [0.15, 0.2) is 0 Å². The third-order valence-electron chi connectivity index (χ3n) is 4.21. The number of hydrogen-bond acceptors (Lipinski definition) is 4. The van der Waals surface area contributed by atoms with Crippen LogP contribution in [-0.4, -0.2) is 39.0 Å². The minimum absolute atomic E-state index is 0.554. The molecule has 3 rings (SSSR count). The maximum atomic E-state index is 4.83. The summed E-state index contributed by atoms with van der Waals surface area (Å²) < 4.78 is 2.33. The number of fused-ring (bicyclic) bond motifs is 1. The van der Waals surface area contributed by atoms with E-state index >= 15 is 0 Å². The van der Waals surface area contributed by atoms with E-state index in [0.717, 1.165) is 32.7 Å². The Bertz CT molecular complexity index is 573. The zero-order valence-corrected chi connectivity index (χ0v) is 13.9. The van der Waals surface area contributed by atoms with Gasteiger partial charge in [0.25, 0.3) is 0 Å². The Morgan fingerprint density at radius 1 is 1.38 bits per heavy atom. The molecule has 0 saturated carbocycles. The Kier molecular flexibility index (Phi) is 4.42. The van der Waals surface area contributed by atoms with Gasteiger partial charge in [0, 0.05) is 38.4 Å². The molecule has 0 aromatic carbocycles. The standard InChI is InChI=1S/C16H24N4S/c1-13(2)18(3)9-15-10-20-6-5-19(11-16(20)17-15)8-14-4-7-21-12-14/h4,7,10,12-13H,5-6,8-9,11H2,1-3H3. The predicted molar refractivity (Wildman–Crippen MR) is 87.3 cm³/mol. The van der Waals surface area contributed by atoms with Crippen LogP contribution in [0, 0.1) is 0 Å². The lowest BCUT2D eigenvalue weighted by Gasteiger charge is -2.27. The van der Waals surface area contributed by atoms with Gasteiger partial charge >= 0.3 is 0 Å². The van der Waals surface area contributed by atoms with Crippen LogP contribution >= 0.6 is 11.3 Å². The van der Waals surface area contributed by atoms with E-state index in [-0.39, 0.29) is 0 Å². The van der Waals surface area contributed by atoms with Crippen LogP contribution in [0.3, 0.4) is 0 Å². The summed E-state index contributed by atoms with van der Waals surface area (Å²) in [6.07, 6.45) is 2.23. The van der Waals surface area contributed by atoms with Crippen LogP contribution in [0.25, 0.3) is 0 Å². The molecule has 1 aliphatic heterocycles. The molecule has 0 aliphatic carbocycles. The molecule has 0 fully saturated rings. The van der Waals surface area contributed by atoms with E-state index in [2.05, 4.69) is 58.3 Å². The fraction of sp³-hybridized carbons (Fsp3) is 0.562. The number of aromatic nitrogens is 2. The maximum Gasteiger partial charge on any atom is 0.123 e. The summed E-state index contributed by atoms with van der Waals surface area (Å²) in [5, 5.41) is 4.39. The van der Waals surface area contributed by atoms with Crippen LogP contribution in [0.15, 0.2) is 23.0 Å². The van der Waals surface area contributed by atoms with Gasteiger partial charge in [-0.25, -0.2) is 4.98 Å². The van der Waals surface area contributed by atoms with Crippen molar-refractivity contribution in [1.29, 1.82) is 0 Å². The molecule has 0 radical (unpaired) electrons. The van der Waals surface area contributed by atoms with Crippen LogP contribution < -0.4 is 0 Å². The van der Waals surface area contributed by atoms with Gasteiger partial charge in [0.05, 0.1) is 12.2 Å². The molecule has 114 valence electrons. The lowest BCUT2D eigenvalue weighted by Crippen LogP contribution is -2.33. The molecule has 0 N–H and O–H groups in total. The van der Waals surface area contributed by atoms with Gasteiger partial charge in [0.2, 0.25) is 0 Å². The Hall–Kier alpha value is -1.17. The molecule has 0 bridgehead atoms. The summed E-state index contributed by atoms with van der Waals surface area (Å²) in [6, 6.07) is 2.77. The summed E-state index contributed by atoms with van der Waals surface area (Å²) in [5.41, 5.74) is 2.61. The van der Waals surface area contributed by atoms with Crippen LogP contribution in [0.1, 0.15) is 30.9 Å². The first-order valence-electron chi connectivity index (χ1n) is 7.60. The Morgan fingerprint density at radius 3 is 2.95 bits per heavy atom. The van der Waals surface area contributed by atoms with Crippen LogP contribution in [-0.2, 0) is 26.2 Å². The lowest BCUT2D eigenvalue weighted by atomic mass is 10.3. The first-order chi connectivity index (χ1) is 10.1. The molecule has 2 aromatic rings. The normalized spacial score (nSPS) is 15.9. The maximum absolute atomic E-state index is 4.83. The van der Waals surface area contributed by atoms with E-state index in [1.165, 1.54) is 17.1 Å². The molecule has 0 unspecified atom stereocenters. The largest absolute Gasteiger partial charge is 0.332 e. The smallest absolute Gasteiger partial charge is 0.123 e. The number of nitrogens with zero attached hydrogens (tertiary/aromatic N) is 4. The fourth-order valence-corrected chi connectivity index (χ4v) is 3.31. The number of imidazole rings is 1. The van der Waals surface area contributed by atoms with Crippen molar-refractivity contribution < 1.29 is 0 Å². The van der Waals surface area contributed by atoms with Gasteiger partial charge in [-0.3, -0.25) is 9.80 Å². The molecule has 5 heteroatoms. The van der Waals surface area contributed by atoms with Gasteiger partial charge in [0.1, 0.15) is 5.82 Å². The molecule has 0 saturated heterocycles. The van der Waals surface area contributed by atoms with Gasteiger partial charge in [-0.1, -0.05) is 0 Å². The highest BCUT2D eigenvalue weighted by Crippen LogP contribution is 2.17. The summed E-state index contributed by atoms with van der Waals surface area (Å²) in [6.45, 7) is 9.54. The molecule has 4 nitrogen and oxygen atoms in total. The minimum atomic E-state index is 0.554. The second kappa shape index (κ2) is 6.30. The lowest BCUT2D eigenvalue weighted by molar-refractivity contribution is 0.209. The quantitative estimate of drug-likeness (QED) is 0.849. The average Bonchev–Trinajstić information content (AvgIpc) is 3.07. The second-order valence-electron chi connectivity index (χ2n) is 6.19. The molecule has 1 aliphatic rings. The second-order valence-corrected chi connectivity index (χ2v) is 6.97. The summed E-state index contributed by atoms with van der Waals surface area (Å²) in [7, 11) is 2.16. The van der Waals surface area contributed by atoms with Crippen molar-refractivity contribution in [2.45, 2.75) is 46.1 Å². The first-order valence-corrected chi connectivity index (χ1v) is 8.54. The molecule has 2 aromatic heterocycles. The van der Waals surface area contributed by atoms with Gasteiger partial charge in [-0.15, -0.1) is 0 Å². The van der Waals surface area contributed by atoms with Crippen LogP contribution in [0.4, 0.5) is 0 Å².